The van der Waals surface area contributed by atoms with E-state index in [9.17, 15) is 0 Å². The number of piperidine rings is 1. The van der Waals surface area contributed by atoms with E-state index in [1.54, 1.807) is 0 Å². The lowest BCUT2D eigenvalue weighted by Gasteiger charge is -2.33. The van der Waals surface area contributed by atoms with E-state index in [1.807, 2.05) is 0 Å². The van der Waals surface area contributed by atoms with Crippen molar-refractivity contribution in [1.82, 2.24) is 10.2 Å². The molecule has 1 aliphatic carbocycles. The first-order valence-corrected chi connectivity index (χ1v) is 8.59. The molecule has 2 saturated heterocycles. The minimum absolute atomic E-state index is 0.0708. The van der Waals surface area contributed by atoms with Gasteiger partial charge in [0.15, 0.2) is 6.29 Å². The Kier molecular flexibility index (Phi) is 5.71. The smallest absolute Gasteiger partial charge is 0.157 e. The molecule has 3 fully saturated rings. The summed E-state index contributed by atoms with van der Waals surface area (Å²) in [6, 6.07) is 0.759. The van der Waals surface area contributed by atoms with Crippen molar-refractivity contribution in [3.63, 3.8) is 0 Å². The van der Waals surface area contributed by atoms with Gasteiger partial charge in [-0.05, 0) is 70.5 Å². The van der Waals surface area contributed by atoms with Gasteiger partial charge in [-0.3, -0.25) is 0 Å². The average molecular weight is 282 g/mol. The van der Waals surface area contributed by atoms with Crippen LogP contribution in [0.2, 0.25) is 0 Å². The van der Waals surface area contributed by atoms with Crippen LogP contribution in [0, 0.1) is 5.92 Å². The first-order valence-electron chi connectivity index (χ1n) is 8.59. The van der Waals surface area contributed by atoms with E-state index in [-0.39, 0.29) is 6.29 Å². The first-order chi connectivity index (χ1) is 9.90. The van der Waals surface area contributed by atoms with Crippen molar-refractivity contribution in [2.24, 2.45) is 5.92 Å². The highest BCUT2D eigenvalue weighted by Gasteiger charge is 2.24. The molecule has 1 saturated carbocycles. The van der Waals surface area contributed by atoms with Crippen LogP contribution in [0.5, 0.6) is 0 Å². The van der Waals surface area contributed by atoms with Crippen molar-refractivity contribution in [3.05, 3.63) is 0 Å². The van der Waals surface area contributed by atoms with Crippen LogP contribution in [0.1, 0.15) is 44.9 Å². The van der Waals surface area contributed by atoms with E-state index in [2.05, 4.69) is 10.2 Å². The topological polar surface area (TPSA) is 33.7 Å². The molecule has 4 heteroatoms. The van der Waals surface area contributed by atoms with Crippen LogP contribution in [0.3, 0.4) is 0 Å². The van der Waals surface area contributed by atoms with Gasteiger partial charge in [-0.25, -0.2) is 0 Å². The molecule has 20 heavy (non-hydrogen) atoms. The number of hydrogen-bond donors (Lipinski definition) is 1. The van der Waals surface area contributed by atoms with Crippen molar-refractivity contribution in [2.75, 3.05) is 39.4 Å². The number of ether oxygens (including phenoxy) is 2. The Morgan fingerprint density at radius 3 is 2.60 bits per heavy atom. The summed E-state index contributed by atoms with van der Waals surface area (Å²) in [5.74, 6) is 0.997. The predicted molar refractivity (Wildman–Crippen MR) is 79.7 cm³/mol. The van der Waals surface area contributed by atoms with Crippen LogP contribution in [-0.4, -0.2) is 56.6 Å². The highest BCUT2D eigenvalue weighted by Crippen LogP contribution is 2.28. The molecular weight excluding hydrogens is 252 g/mol. The zero-order chi connectivity index (χ0) is 13.6. The fraction of sp³-hybridized carbons (Fsp3) is 1.00. The van der Waals surface area contributed by atoms with Gasteiger partial charge in [-0.15, -0.1) is 0 Å². The van der Waals surface area contributed by atoms with Crippen LogP contribution < -0.4 is 5.32 Å². The molecular formula is C16H30N2O2. The third-order valence-electron chi connectivity index (χ3n) is 4.83. The first kappa shape index (κ1) is 14.8. The lowest BCUT2D eigenvalue weighted by atomic mass is 10.0. The lowest BCUT2D eigenvalue weighted by Crippen LogP contribution is -2.44. The summed E-state index contributed by atoms with van der Waals surface area (Å²) in [5, 5.41) is 3.73. The Morgan fingerprint density at radius 1 is 1.05 bits per heavy atom. The minimum Gasteiger partial charge on any atom is -0.353 e. The zero-order valence-corrected chi connectivity index (χ0v) is 12.7. The van der Waals surface area contributed by atoms with E-state index in [4.69, 9.17) is 9.47 Å². The van der Waals surface area contributed by atoms with E-state index >= 15 is 0 Å². The third kappa shape index (κ3) is 4.99. The van der Waals surface area contributed by atoms with Crippen molar-refractivity contribution in [1.29, 1.82) is 0 Å². The average Bonchev–Trinajstić information content (AvgIpc) is 3.32. The molecule has 0 aromatic heterocycles. The Bertz CT molecular complexity index is 270. The molecule has 1 N–H and O–H groups in total. The van der Waals surface area contributed by atoms with Gasteiger partial charge in [0.05, 0.1) is 6.61 Å². The molecule has 2 heterocycles. The fourth-order valence-electron chi connectivity index (χ4n) is 3.17. The molecule has 0 amide bonds. The van der Waals surface area contributed by atoms with Gasteiger partial charge in [-0.1, -0.05) is 0 Å². The number of hydrogen-bond acceptors (Lipinski definition) is 4. The summed E-state index contributed by atoms with van der Waals surface area (Å²) in [4.78, 5) is 2.54. The molecule has 2 aliphatic heterocycles. The standard InChI is InChI=1S/C16H30N2O2/c1-2-11-19-16(3-1)20-12-10-18-8-6-15(7-9-18)17-13-14-4-5-14/h14-17H,1-13H2. The number of nitrogens with one attached hydrogen (secondary N) is 1. The Balaban J connectivity index is 1.22. The fourth-order valence-corrected chi connectivity index (χ4v) is 3.17. The molecule has 0 aromatic carbocycles. The third-order valence-corrected chi connectivity index (χ3v) is 4.83. The van der Waals surface area contributed by atoms with Crippen LogP contribution in [0.25, 0.3) is 0 Å². The highest BCUT2D eigenvalue weighted by atomic mass is 16.7. The molecule has 0 spiro atoms. The molecule has 3 rings (SSSR count). The summed E-state index contributed by atoms with van der Waals surface area (Å²) in [6.45, 7) is 6.46. The molecule has 4 nitrogen and oxygen atoms in total. The van der Waals surface area contributed by atoms with Gasteiger partial charge in [0, 0.05) is 19.2 Å². The van der Waals surface area contributed by atoms with Gasteiger partial charge in [0.25, 0.3) is 0 Å². The monoisotopic (exact) mass is 282 g/mol. The van der Waals surface area contributed by atoms with Gasteiger partial charge in [0.1, 0.15) is 0 Å². The second-order valence-electron chi connectivity index (χ2n) is 6.63. The molecule has 0 aromatic rings. The summed E-state index contributed by atoms with van der Waals surface area (Å²) in [7, 11) is 0. The summed E-state index contributed by atoms with van der Waals surface area (Å²) < 4.78 is 11.4. The summed E-state index contributed by atoms with van der Waals surface area (Å²) in [5.41, 5.74) is 0. The maximum atomic E-state index is 5.82. The Labute approximate surface area is 123 Å². The maximum Gasteiger partial charge on any atom is 0.157 e. The second kappa shape index (κ2) is 7.74. The van der Waals surface area contributed by atoms with Crippen LogP contribution in [-0.2, 0) is 9.47 Å². The SMILES string of the molecule is C1CCC(OCCN2CCC(NCC3CC3)CC2)OC1. The van der Waals surface area contributed by atoms with Crippen molar-refractivity contribution in [2.45, 2.75) is 57.3 Å². The van der Waals surface area contributed by atoms with Gasteiger partial charge >= 0.3 is 0 Å². The van der Waals surface area contributed by atoms with Crippen LogP contribution in [0.4, 0.5) is 0 Å². The van der Waals surface area contributed by atoms with Gasteiger partial charge < -0.3 is 19.7 Å². The predicted octanol–water partition coefficient (Wildman–Crippen LogP) is 1.99. The largest absolute Gasteiger partial charge is 0.353 e. The second-order valence-corrected chi connectivity index (χ2v) is 6.63. The van der Waals surface area contributed by atoms with E-state index < -0.39 is 0 Å². The van der Waals surface area contributed by atoms with Crippen LogP contribution >= 0.6 is 0 Å². The molecule has 116 valence electrons. The molecule has 1 unspecified atom stereocenters. The van der Waals surface area contributed by atoms with E-state index in [1.165, 1.54) is 58.2 Å². The zero-order valence-electron chi connectivity index (χ0n) is 12.7. The van der Waals surface area contributed by atoms with Gasteiger partial charge in [-0.2, -0.15) is 0 Å². The number of nitrogens with zero attached hydrogens (tertiary/aromatic N) is 1. The molecule has 0 radical (unpaired) electrons. The van der Waals surface area contributed by atoms with Crippen LogP contribution in [0.15, 0.2) is 0 Å². The summed E-state index contributed by atoms with van der Waals surface area (Å²) >= 11 is 0. The lowest BCUT2D eigenvalue weighted by molar-refractivity contribution is -0.164. The molecule has 3 aliphatic rings. The van der Waals surface area contributed by atoms with E-state index in [0.717, 1.165) is 38.1 Å². The van der Waals surface area contributed by atoms with Crippen molar-refractivity contribution >= 4 is 0 Å². The minimum atomic E-state index is 0.0708. The Hall–Kier alpha value is -0.160. The number of rotatable bonds is 7. The quantitative estimate of drug-likeness (QED) is 0.774. The maximum absolute atomic E-state index is 5.82. The molecule has 0 bridgehead atoms. The molecule has 1 atom stereocenters. The van der Waals surface area contributed by atoms with Crippen molar-refractivity contribution in [3.8, 4) is 0 Å². The van der Waals surface area contributed by atoms with Crippen molar-refractivity contribution < 1.29 is 9.47 Å². The summed E-state index contributed by atoms with van der Waals surface area (Å²) in [6.07, 6.45) is 9.09. The highest BCUT2D eigenvalue weighted by molar-refractivity contribution is 4.81. The number of likely N-dealkylation sites (tertiary alicyclic amines) is 1. The normalized spacial score (nSPS) is 29.7. The van der Waals surface area contributed by atoms with Gasteiger partial charge in [0.2, 0.25) is 0 Å². The Morgan fingerprint density at radius 2 is 1.90 bits per heavy atom. The van der Waals surface area contributed by atoms with E-state index in [0.29, 0.717) is 0 Å².